The average molecular weight is 501 g/mol. The molecular weight excluding hydrogens is 477 g/mol. The molecule has 2 aromatic carbocycles. The molecule has 0 aliphatic rings. The first-order chi connectivity index (χ1) is 13.8. The smallest absolute Gasteiger partial charge is 0.226 e. The van der Waals surface area contributed by atoms with Gasteiger partial charge < -0.3 is 20.0 Å². The van der Waals surface area contributed by atoms with Gasteiger partial charge in [0.2, 0.25) is 5.89 Å². The van der Waals surface area contributed by atoms with E-state index in [1.807, 2.05) is 36.4 Å². The summed E-state index contributed by atoms with van der Waals surface area (Å²) in [5.74, 6) is 1.36. The van der Waals surface area contributed by atoms with Gasteiger partial charge in [0.1, 0.15) is 6.26 Å². The highest BCUT2D eigenvalue weighted by atomic mass is 127. The van der Waals surface area contributed by atoms with E-state index in [1.54, 1.807) is 13.3 Å². The minimum Gasteiger partial charge on any atom is -0.444 e. The van der Waals surface area contributed by atoms with E-state index < -0.39 is 0 Å². The van der Waals surface area contributed by atoms with Crippen molar-refractivity contribution in [3.05, 3.63) is 78.3 Å². The summed E-state index contributed by atoms with van der Waals surface area (Å²) in [6.45, 7) is 1.33. The Morgan fingerprint density at radius 1 is 1.07 bits per heavy atom. The van der Waals surface area contributed by atoms with Crippen molar-refractivity contribution in [2.45, 2.75) is 13.0 Å². The lowest BCUT2D eigenvalue weighted by Gasteiger charge is -2.10. The van der Waals surface area contributed by atoms with Crippen molar-refractivity contribution in [2.75, 3.05) is 13.6 Å². The summed E-state index contributed by atoms with van der Waals surface area (Å²) < 4.78 is 5.57. The first-order valence-corrected chi connectivity index (χ1v) is 9.33. The lowest BCUT2D eigenvalue weighted by molar-refractivity contribution is 0.572. The molecule has 0 spiro atoms. The van der Waals surface area contributed by atoms with Gasteiger partial charge in [-0.2, -0.15) is 0 Å². The maximum absolute atomic E-state index is 5.57. The number of guanidine groups is 1. The number of hydrogen-bond donors (Lipinski definition) is 3. The molecule has 4 rings (SSSR count). The van der Waals surface area contributed by atoms with Gasteiger partial charge in [-0.3, -0.25) is 4.99 Å². The second kappa shape index (κ2) is 10.1. The number of aliphatic imine (C=N–C) groups is 1. The van der Waals surface area contributed by atoms with Gasteiger partial charge in [0.15, 0.2) is 5.96 Å². The Bertz CT molecular complexity index is 1070. The Labute approximate surface area is 186 Å². The maximum atomic E-state index is 5.57. The number of oxazole rings is 1. The summed E-state index contributed by atoms with van der Waals surface area (Å²) in [5, 5.41) is 7.89. The zero-order valence-electron chi connectivity index (χ0n) is 16.2. The molecule has 3 N–H and O–H groups in total. The molecule has 2 aromatic heterocycles. The van der Waals surface area contributed by atoms with Crippen LogP contribution in [0.4, 0.5) is 0 Å². The van der Waals surface area contributed by atoms with Gasteiger partial charge in [-0.25, -0.2) is 4.98 Å². The number of rotatable bonds is 6. The molecule has 0 atom stereocenters. The Kier molecular flexibility index (Phi) is 7.29. The van der Waals surface area contributed by atoms with Gasteiger partial charge in [0.05, 0.1) is 12.2 Å². The molecule has 7 heteroatoms. The van der Waals surface area contributed by atoms with Crippen molar-refractivity contribution in [3.63, 3.8) is 0 Å². The minimum absolute atomic E-state index is 0. The minimum atomic E-state index is 0. The van der Waals surface area contributed by atoms with Crippen LogP contribution in [0.2, 0.25) is 0 Å². The van der Waals surface area contributed by atoms with Gasteiger partial charge in [-0.1, -0.05) is 36.4 Å². The van der Waals surface area contributed by atoms with Crippen LogP contribution in [0.3, 0.4) is 0 Å². The lowest BCUT2D eigenvalue weighted by atomic mass is 10.1. The van der Waals surface area contributed by atoms with Crippen LogP contribution < -0.4 is 10.6 Å². The largest absolute Gasteiger partial charge is 0.444 e. The monoisotopic (exact) mass is 501 g/mol. The molecule has 6 nitrogen and oxygen atoms in total. The molecule has 150 valence electrons. The standard InChI is InChI=1S/C22H23N5O.HI/c1-23-22(24-12-11-17-13-25-20-10-6-5-9-19(17)20)26-14-18-15-28-21(27-18)16-7-3-2-4-8-16;/h2-10,13,15,25H,11-12,14H2,1H3,(H2,23,24,26);1H. The van der Waals surface area contributed by atoms with E-state index in [9.17, 15) is 0 Å². The highest BCUT2D eigenvalue weighted by Gasteiger charge is 2.07. The molecule has 2 heterocycles. The van der Waals surface area contributed by atoms with Gasteiger partial charge in [0, 0.05) is 36.3 Å². The third-order valence-electron chi connectivity index (χ3n) is 4.59. The fourth-order valence-corrected chi connectivity index (χ4v) is 3.15. The van der Waals surface area contributed by atoms with E-state index in [0.717, 1.165) is 30.2 Å². The summed E-state index contributed by atoms with van der Waals surface area (Å²) in [6.07, 6.45) is 4.66. The fraction of sp³-hybridized carbons (Fsp3) is 0.182. The Balaban J connectivity index is 0.00000240. The van der Waals surface area contributed by atoms with E-state index in [1.165, 1.54) is 16.5 Å². The SMILES string of the molecule is CN=C(NCCc1c[nH]c2ccccc12)NCc1coc(-c2ccccc2)n1.I. The highest BCUT2D eigenvalue weighted by molar-refractivity contribution is 14.0. The number of nitrogens with one attached hydrogen (secondary N) is 3. The number of fused-ring (bicyclic) bond motifs is 1. The van der Waals surface area contributed by atoms with Crippen LogP contribution in [0.1, 0.15) is 11.3 Å². The van der Waals surface area contributed by atoms with Gasteiger partial charge >= 0.3 is 0 Å². The molecule has 0 unspecified atom stereocenters. The van der Waals surface area contributed by atoms with Crippen LogP contribution in [-0.4, -0.2) is 29.5 Å². The molecule has 0 bridgehead atoms. The highest BCUT2D eigenvalue weighted by Crippen LogP contribution is 2.18. The number of H-pyrrole nitrogens is 1. The second-order valence-corrected chi connectivity index (χ2v) is 6.47. The number of aromatic amines is 1. The van der Waals surface area contributed by atoms with Crippen LogP contribution in [0.15, 0.2) is 76.5 Å². The van der Waals surface area contributed by atoms with E-state index in [4.69, 9.17) is 4.42 Å². The van der Waals surface area contributed by atoms with E-state index >= 15 is 0 Å². The number of benzene rings is 2. The summed E-state index contributed by atoms with van der Waals surface area (Å²) in [4.78, 5) is 12.1. The number of hydrogen-bond acceptors (Lipinski definition) is 3. The Morgan fingerprint density at radius 3 is 2.69 bits per heavy atom. The molecule has 4 aromatic rings. The molecule has 29 heavy (non-hydrogen) atoms. The first-order valence-electron chi connectivity index (χ1n) is 9.33. The number of para-hydroxylation sites is 1. The van der Waals surface area contributed by atoms with E-state index in [-0.39, 0.29) is 24.0 Å². The third kappa shape index (κ3) is 5.17. The maximum Gasteiger partial charge on any atom is 0.226 e. The van der Waals surface area contributed by atoms with Crippen molar-refractivity contribution in [2.24, 2.45) is 4.99 Å². The van der Waals surface area contributed by atoms with Crippen molar-refractivity contribution in [1.82, 2.24) is 20.6 Å². The van der Waals surface area contributed by atoms with Crippen molar-refractivity contribution in [3.8, 4) is 11.5 Å². The average Bonchev–Trinajstić information content (AvgIpc) is 3.39. The quantitative estimate of drug-likeness (QED) is 0.209. The first kappa shape index (κ1) is 20.9. The van der Waals surface area contributed by atoms with Gasteiger partial charge in [-0.05, 0) is 30.2 Å². The normalized spacial score (nSPS) is 11.3. The number of nitrogens with zero attached hydrogens (tertiary/aromatic N) is 2. The van der Waals surface area contributed by atoms with Crippen LogP contribution in [0.25, 0.3) is 22.4 Å². The summed E-state index contributed by atoms with van der Waals surface area (Å²) in [5.41, 5.74) is 4.26. The molecule has 0 amide bonds. The van der Waals surface area contributed by atoms with Crippen LogP contribution >= 0.6 is 24.0 Å². The zero-order chi connectivity index (χ0) is 19.2. The summed E-state index contributed by atoms with van der Waals surface area (Å²) in [7, 11) is 1.76. The van der Waals surface area contributed by atoms with E-state index in [2.05, 4.69) is 50.0 Å². The molecule has 0 radical (unpaired) electrons. The summed E-state index contributed by atoms with van der Waals surface area (Å²) in [6, 6.07) is 18.2. The molecule has 0 aliphatic carbocycles. The molecular formula is C22H24IN5O. The molecule has 0 saturated carbocycles. The molecule has 0 saturated heterocycles. The third-order valence-corrected chi connectivity index (χ3v) is 4.59. The van der Waals surface area contributed by atoms with Gasteiger partial charge in [0.25, 0.3) is 0 Å². The van der Waals surface area contributed by atoms with Crippen molar-refractivity contribution < 1.29 is 4.42 Å². The van der Waals surface area contributed by atoms with E-state index in [0.29, 0.717) is 12.4 Å². The number of halogens is 1. The topological polar surface area (TPSA) is 78.2 Å². The second-order valence-electron chi connectivity index (χ2n) is 6.47. The fourth-order valence-electron chi connectivity index (χ4n) is 3.15. The lowest BCUT2D eigenvalue weighted by Crippen LogP contribution is -2.37. The Morgan fingerprint density at radius 2 is 1.86 bits per heavy atom. The Hall–Kier alpha value is -2.81. The van der Waals surface area contributed by atoms with Crippen LogP contribution in [0, 0.1) is 0 Å². The van der Waals surface area contributed by atoms with Crippen molar-refractivity contribution >= 4 is 40.8 Å². The predicted molar refractivity (Wildman–Crippen MR) is 128 cm³/mol. The molecule has 0 fully saturated rings. The predicted octanol–water partition coefficient (Wildman–Crippen LogP) is 4.35. The zero-order valence-corrected chi connectivity index (χ0v) is 18.5. The molecule has 0 aliphatic heterocycles. The van der Waals surface area contributed by atoms with Crippen LogP contribution in [-0.2, 0) is 13.0 Å². The number of aromatic nitrogens is 2. The van der Waals surface area contributed by atoms with Crippen LogP contribution in [0.5, 0.6) is 0 Å². The summed E-state index contributed by atoms with van der Waals surface area (Å²) >= 11 is 0. The van der Waals surface area contributed by atoms with Gasteiger partial charge in [-0.15, -0.1) is 24.0 Å². The van der Waals surface area contributed by atoms with Crippen molar-refractivity contribution in [1.29, 1.82) is 0 Å².